The van der Waals surface area contributed by atoms with Crippen LogP contribution in [0.1, 0.15) is 19.8 Å². The second-order valence-corrected chi connectivity index (χ2v) is 5.58. The van der Waals surface area contributed by atoms with Crippen molar-refractivity contribution in [2.45, 2.75) is 25.8 Å². The third-order valence-corrected chi connectivity index (χ3v) is 2.42. The van der Waals surface area contributed by atoms with Crippen molar-refractivity contribution in [2.24, 2.45) is 0 Å². The Morgan fingerprint density at radius 1 is 0.920 bits per heavy atom. The van der Waals surface area contributed by atoms with Crippen molar-refractivity contribution in [2.75, 3.05) is 54.5 Å². The molecule has 0 unspecified atom stereocenters. The first-order valence-corrected chi connectivity index (χ1v) is 7.70. The molecule has 0 aromatic rings. The van der Waals surface area contributed by atoms with E-state index in [1.165, 1.54) is 6.92 Å². The highest BCUT2D eigenvalue weighted by molar-refractivity contribution is 5.82. The van der Waals surface area contributed by atoms with E-state index in [0.29, 0.717) is 0 Å². The monoisotopic (exact) mass is 367 g/mol. The maximum absolute atomic E-state index is 10.5. The Kier molecular flexibility index (Phi) is 20.9. The lowest BCUT2D eigenvalue weighted by molar-refractivity contribution is -0.142. The first kappa shape index (κ1) is 28.1. The molecule has 1 atom stereocenters. The fraction of sp³-hybridized carbons (Fsp3) is 0.800. The summed E-state index contributed by atoms with van der Waals surface area (Å²) in [5, 5.41) is 35.3. The third kappa shape index (κ3) is 30.7. The second kappa shape index (κ2) is 18.6. The van der Waals surface area contributed by atoms with Crippen LogP contribution >= 0.6 is 0 Å². The van der Waals surface area contributed by atoms with E-state index in [0.717, 1.165) is 13.1 Å². The van der Waals surface area contributed by atoms with Crippen molar-refractivity contribution in [1.82, 2.24) is 15.1 Å². The van der Waals surface area contributed by atoms with E-state index in [2.05, 4.69) is 5.32 Å². The van der Waals surface area contributed by atoms with Crippen LogP contribution in [0.5, 0.6) is 0 Å². The van der Waals surface area contributed by atoms with Gasteiger partial charge in [-0.15, -0.1) is 0 Å². The van der Waals surface area contributed by atoms with Crippen LogP contribution in [0.4, 0.5) is 0 Å². The number of hydrogen-bond acceptors (Lipinski definition) is 7. The molecule has 10 nitrogen and oxygen atoms in total. The molecular weight excluding hydrogens is 334 g/mol. The van der Waals surface area contributed by atoms with E-state index in [4.69, 9.17) is 20.4 Å². The standard InChI is InChI=1S/C7H11NO5.2C4H11NO/c1-4(9)8-5(7(12)13)2-3-6(10)11;2*1-5(2)3-4-6/h5H,2-3H2,1H3,(H,8,9)(H,10,11)(H,12,13);2*6H,3-4H2,1-2H3/t5-;;/m0../s1. The Morgan fingerprint density at radius 3 is 1.48 bits per heavy atom. The van der Waals surface area contributed by atoms with Crippen LogP contribution in [0.15, 0.2) is 0 Å². The molecular formula is C15H33N3O7. The molecule has 0 saturated heterocycles. The van der Waals surface area contributed by atoms with Crippen LogP contribution in [0.25, 0.3) is 0 Å². The third-order valence-electron chi connectivity index (χ3n) is 2.42. The van der Waals surface area contributed by atoms with Gasteiger partial charge in [0.2, 0.25) is 5.91 Å². The zero-order valence-electron chi connectivity index (χ0n) is 15.7. The molecule has 0 aliphatic heterocycles. The average Bonchev–Trinajstić information content (AvgIpc) is 2.43. The molecule has 0 aromatic carbocycles. The zero-order valence-corrected chi connectivity index (χ0v) is 15.7. The molecule has 5 N–H and O–H groups in total. The molecule has 25 heavy (non-hydrogen) atoms. The summed E-state index contributed by atoms with van der Waals surface area (Å²) in [5.41, 5.74) is 0. The number of nitrogens with one attached hydrogen (secondary N) is 1. The summed E-state index contributed by atoms with van der Waals surface area (Å²) in [4.78, 5) is 34.9. The zero-order chi connectivity index (χ0) is 20.4. The van der Waals surface area contributed by atoms with Crippen molar-refractivity contribution in [1.29, 1.82) is 0 Å². The number of rotatable bonds is 9. The molecule has 0 saturated carbocycles. The summed E-state index contributed by atoms with van der Waals surface area (Å²) in [6.07, 6.45) is -0.387. The van der Waals surface area contributed by atoms with Gasteiger partial charge in [-0.2, -0.15) is 0 Å². The number of carbonyl (C=O) groups excluding carboxylic acids is 1. The van der Waals surface area contributed by atoms with Crippen LogP contribution in [-0.4, -0.2) is 109 Å². The van der Waals surface area contributed by atoms with Gasteiger partial charge in [0.1, 0.15) is 6.04 Å². The number of likely N-dealkylation sites (N-methyl/N-ethyl adjacent to an activating group) is 2. The summed E-state index contributed by atoms with van der Waals surface area (Å²) >= 11 is 0. The number of amides is 1. The molecule has 0 fully saturated rings. The minimum atomic E-state index is -1.23. The Labute approximate surface area is 149 Å². The van der Waals surface area contributed by atoms with Gasteiger partial charge in [-0.1, -0.05) is 0 Å². The van der Waals surface area contributed by atoms with Crippen molar-refractivity contribution in [3.05, 3.63) is 0 Å². The fourth-order valence-electron chi connectivity index (χ4n) is 1.17. The minimum absolute atomic E-state index is 0.107. The van der Waals surface area contributed by atoms with Crippen molar-refractivity contribution in [3.8, 4) is 0 Å². The second-order valence-electron chi connectivity index (χ2n) is 5.58. The lowest BCUT2D eigenvalue weighted by atomic mass is 10.1. The van der Waals surface area contributed by atoms with E-state index >= 15 is 0 Å². The average molecular weight is 367 g/mol. The summed E-state index contributed by atoms with van der Waals surface area (Å²) in [7, 11) is 7.71. The number of nitrogens with zero attached hydrogens (tertiary/aromatic N) is 2. The van der Waals surface area contributed by atoms with E-state index in [-0.39, 0.29) is 26.1 Å². The quantitative estimate of drug-likeness (QED) is 0.329. The highest BCUT2D eigenvalue weighted by Crippen LogP contribution is 1.97. The lowest BCUT2D eigenvalue weighted by Gasteiger charge is -2.10. The van der Waals surface area contributed by atoms with Gasteiger partial charge in [0.15, 0.2) is 0 Å². The van der Waals surface area contributed by atoms with E-state index < -0.39 is 23.9 Å². The number of hydrogen-bond donors (Lipinski definition) is 5. The predicted molar refractivity (Wildman–Crippen MR) is 93.4 cm³/mol. The van der Waals surface area contributed by atoms with Crippen molar-refractivity contribution >= 4 is 17.8 Å². The Bertz CT molecular complexity index is 353. The molecule has 0 aliphatic rings. The molecule has 0 spiro atoms. The van der Waals surface area contributed by atoms with Gasteiger partial charge in [0.25, 0.3) is 0 Å². The number of carboxylic acid groups (broad SMARTS) is 2. The van der Waals surface area contributed by atoms with Crippen LogP contribution in [-0.2, 0) is 14.4 Å². The van der Waals surface area contributed by atoms with Crippen molar-refractivity contribution < 1.29 is 34.8 Å². The van der Waals surface area contributed by atoms with E-state index in [9.17, 15) is 14.4 Å². The summed E-state index contributed by atoms with van der Waals surface area (Å²) < 4.78 is 0. The normalized spacial score (nSPS) is 10.9. The maximum atomic E-state index is 10.5. The first-order valence-electron chi connectivity index (χ1n) is 7.70. The molecule has 10 heteroatoms. The number of aliphatic hydroxyl groups is 2. The molecule has 150 valence electrons. The molecule has 0 heterocycles. The predicted octanol–water partition coefficient (Wildman–Crippen LogP) is -1.48. The number of aliphatic hydroxyl groups excluding tert-OH is 2. The molecule has 0 aliphatic carbocycles. The van der Waals surface area contributed by atoms with Gasteiger partial charge in [-0.05, 0) is 34.6 Å². The van der Waals surface area contributed by atoms with Crippen molar-refractivity contribution in [3.63, 3.8) is 0 Å². The Morgan fingerprint density at radius 2 is 1.32 bits per heavy atom. The number of aliphatic carboxylic acids is 2. The first-order chi connectivity index (χ1) is 11.5. The molecule has 1 amide bonds. The molecule has 0 radical (unpaired) electrons. The van der Waals surface area contributed by atoms with Gasteiger partial charge >= 0.3 is 11.9 Å². The smallest absolute Gasteiger partial charge is 0.326 e. The molecule has 0 bridgehead atoms. The van der Waals surface area contributed by atoms with Gasteiger partial charge in [-0.25, -0.2) is 4.79 Å². The highest BCUT2D eigenvalue weighted by Gasteiger charge is 2.18. The molecule has 0 rings (SSSR count). The maximum Gasteiger partial charge on any atom is 0.326 e. The largest absolute Gasteiger partial charge is 0.481 e. The Balaban J connectivity index is -0.000000336. The Hall–Kier alpha value is -1.75. The van der Waals surface area contributed by atoms with Gasteiger partial charge in [0, 0.05) is 26.4 Å². The summed E-state index contributed by atoms with van der Waals surface area (Å²) in [6, 6.07) is -1.12. The number of carboxylic acids is 2. The lowest BCUT2D eigenvalue weighted by Crippen LogP contribution is -2.39. The van der Waals surface area contributed by atoms with E-state index in [1.807, 2.05) is 38.0 Å². The summed E-state index contributed by atoms with van der Waals surface area (Å²) in [6.45, 7) is 3.22. The van der Waals surface area contributed by atoms with Crippen LogP contribution in [0.2, 0.25) is 0 Å². The van der Waals surface area contributed by atoms with Crippen LogP contribution in [0.3, 0.4) is 0 Å². The van der Waals surface area contributed by atoms with Crippen LogP contribution in [0, 0.1) is 0 Å². The van der Waals surface area contributed by atoms with Gasteiger partial charge < -0.3 is 35.5 Å². The fourth-order valence-corrected chi connectivity index (χ4v) is 1.17. The topological polar surface area (TPSA) is 151 Å². The molecule has 0 aromatic heterocycles. The highest BCUT2D eigenvalue weighted by atomic mass is 16.4. The summed E-state index contributed by atoms with van der Waals surface area (Å²) in [5.74, 6) is -2.80. The van der Waals surface area contributed by atoms with Gasteiger partial charge in [-0.3, -0.25) is 9.59 Å². The number of carbonyl (C=O) groups is 3. The van der Waals surface area contributed by atoms with Gasteiger partial charge in [0.05, 0.1) is 13.2 Å². The van der Waals surface area contributed by atoms with E-state index in [1.54, 1.807) is 0 Å². The SMILES string of the molecule is CC(=O)N[C@@H](CCC(=O)O)C(=O)O.CN(C)CCO.CN(C)CCO. The van der Waals surface area contributed by atoms with Crippen LogP contribution < -0.4 is 5.32 Å². The minimum Gasteiger partial charge on any atom is -0.481 e.